The number of rotatable bonds is 1. The van der Waals surface area contributed by atoms with E-state index < -0.39 is 0 Å². The SMILES string of the molecule is COC(=S)c1ccnc(C)n1. The molecule has 11 heavy (non-hydrogen) atoms. The monoisotopic (exact) mass is 168 g/mol. The Balaban J connectivity index is 2.96. The Morgan fingerprint density at radius 3 is 2.91 bits per heavy atom. The highest BCUT2D eigenvalue weighted by molar-refractivity contribution is 7.80. The van der Waals surface area contributed by atoms with E-state index in [9.17, 15) is 0 Å². The van der Waals surface area contributed by atoms with Crippen LogP contribution in [-0.4, -0.2) is 22.1 Å². The van der Waals surface area contributed by atoms with Crippen molar-refractivity contribution in [3.8, 4) is 0 Å². The zero-order valence-electron chi connectivity index (χ0n) is 6.37. The van der Waals surface area contributed by atoms with Crippen molar-refractivity contribution in [2.45, 2.75) is 6.92 Å². The van der Waals surface area contributed by atoms with E-state index in [4.69, 9.17) is 17.0 Å². The highest BCUT2D eigenvalue weighted by atomic mass is 32.1. The van der Waals surface area contributed by atoms with E-state index in [1.807, 2.05) is 6.92 Å². The van der Waals surface area contributed by atoms with Gasteiger partial charge in [-0.05, 0) is 25.2 Å². The quantitative estimate of drug-likeness (QED) is 0.588. The fourth-order valence-electron chi connectivity index (χ4n) is 0.674. The number of aromatic nitrogens is 2. The summed E-state index contributed by atoms with van der Waals surface area (Å²) in [6.45, 7) is 1.81. The van der Waals surface area contributed by atoms with Gasteiger partial charge in [-0.3, -0.25) is 0 Å². The molecular weight excluding hydrogens is 160 g/mol. The molecule has 1 aromatic rings. The van der Waals surface area contributed by atoms with E-state index in [0.29, 0.717) is 16.6 Å². The lowest BCUT2D eigenvalue weighted by molar-refractivity contribution is 0.414. The number of thiocarbonyl (C=S) groups is 1. The zero-order valence-corrected chi connectivity index (χ0v) is 7.18. The zero-order chi connectivity index (χ0) is 8.27. The largest absolute Gasteiger partial charge is 0.485 e. The molecule has 0 bridgehead atoms. The normalized spacial score (nSPS) is 9.27. The molecule has 0 radical (unpaired) electrons. The molecule has 0 aliphatic carbocycles. The molecule has 0 aliphatic rings. The van der Waals surface area contributed by atoms with Crippen molar-refractivity contribution in [3.05, 3.63) is 23.8 Å². The molecule has 0 spiro atoms. The first-order valence-electron chi connectivity index (χ1n) is 3.12. The van der Waals surface area contributed by atoms with Crippen molar-refractivity contribution < 1.29 is 4.74 Å². The molecule has 0 fully saturated rings. The molecule has 0 amide bonds. The molecule has 0 N–H and O–H groups in total. The second-order valence-corrected chi connectivity index (χ2v) is 2.35. The van der Waals surface area contributed by atoms with Gasteiger partial charge in [-0.2, -0.15) is 0 Å². The molecule has 1 rings (SSSR count). The number of nitrogens with zero attached hydrogens (tertiary/aromatic N) is 2. The molecule has 4 heteroatoms. The predicted molar refractivity (Wildman–Crippen MR) is 45.5 cm³/mol. The molecule has 3 nitrogen and oxygen atoms in total. The Morgan fingerprint density at radius 2 is 2.36 bits per heavy atom. The first-order chi connectivity index (χ1) is 5.24. The summed E-state index contributed by atoms with van der Waals surface area (Å²) in [7, 11) is 1.53. The van der Waals surface area contributed by atoms with Crippen molar-refractivity contribution in [2.24, 2.45) is 0 Å². The van der Waals surface area contributed by atoms with E-state index >= 15 is 0 Å². The van der Waals surface area contributed by atoms with Crippen LogP contribution >= 0.6 is 12.2 Å². The molecule has 0 saturated carbocycles. The van der Waals surface area contributed by atoms with Crippen LogP contribution in [0.5, 0.6) is 0 Å². The second-order valence-electron chi connectivity index (χ2n) is 1.98. The van der Waals surface area contributed by atoms with Crippen LogP contribution in [0.4, 0.5) is 0 Å². The van der Waals surface area contributed by atoms with Gasteiger partial charge in [0.1, 0.15) is 11.5 Å². The molecule has 1 aromatic heterocycles. The molecule has 0 atom stereocenters. The van der Waals surface area contributed by atoms with E-state index in [1.165, 1.54) is 7.11 Å². The molecule has 0 aliphatic heterocycles. The van der Waals surface area contributed by atoms with Crippen molar-refractivity contribution in [3.63, 3.8) is 0 Å². The number of methoxy groups -OCH3 is 1. The third-order valence-electron chi connectivity index (χ3n) is 1.17. The fraction of sp³-hybridized carbons (Fsp3) is 0.286. The summed E-state index contributed by atoms with van der Waals surface area (Å²) in [6.07, 6.45) is 1.66. The summed E-state index contributed by atoms with van der Waals surface area (Å²) < 4.78 is 4.83. The third kappa shape index (κ3) is 1.94. The first-order valence-corrected chi connectivity index (χ1v) is 3.53. The average Bonchev–Trinajstić information content (AvgIpc) is 2.03. The third-order valence-corrected chi connectivity index (χ3v) is 1.55. The van der Waals surface area contributed by atoms with Crippen LogP contribution in [-0.2, 0) is 4.74 Å². The minimum Gasteiger partial charge on any atom is -0.485 e. The van der Waals surface area contributed by atoms with Gasteiger partial charge in [0, 0.05) is 6.20 Å². The molecule has 58 valence electrons. The van der Waals surface area contributed by atoms with Gasteiger partial charge in [0.2, 0.25) is 5.05 Å². The molecule has 0 unspecified atom stereocenters. The van der Waals surface area contributed by atoms with Crippen LogP contribution in [0.15, 0.2) is 12.3 Å². The van der Waals surface area contributed by atoms with Gasteiger partial charge >= 0.3 is 0 Å². The van der Waals surface area contributed by atoms with Crippen LogP contribution < -0.4 is 0 Å². The lowest BCUT2D eigenvalue weighted by Crippen LogP contribution is -2.04. The standard InChI is InChI=1S/C7H8N2OS/c1-5-8-4-3-6(9-5)7(11)10-2/h3-4H,1-2H3. The first kappa shape index (κ1) is 8.07. The van der Waals surface area contributed by atoms with Gasteiger partial charge in [0.15, 0.2) is 0 Å². The maximum absolute atomic E-state index is 4.87. The minimum atomic E-state index is 0.399. The molecular formula is C7H8N2OS. The van der Waals surface area contributed by atoms with Crippen LogP contribution in [0, 0.1) is 6.92 Å². The van der Waals surface area contributed by atoms with Crippen LogP contribution in [0.2, 0.25) is 0 Å². The number of hydrogen-bond donors (Lipinski definition) is 0. The fourth-order valence-corrected chi connectivity index (χ4v) is 0.788. The van der Waals surface area contributed by atoms with E-state index in [1.54, 1.807) is 12.3 Å². The van der Waals surface area contributed by atoms with E-state index in [2.05, 4.69) is 9.97 Å². The smallest absolute Gasteiger partial charge is 0.210 e. The lowest BCUT2D eigenvalue weighted by atomic mass is 10.4. The Labute approximate surface area is 70.4 Å². The van der Waals surface area contributed by atoms with Crippen molar-refractivity contribution >= 4 is 17.3 Å². The Bertz CT molecular complexity index is 275. The van der Waals surface area contributed by atoms with Crippen molar-refractivity contribution in [2.75, 3.05) is 7.11 Å². The van der Waals surface area contributed by atoms with E-state index in [-0.39, 0.29) is 0 Å². The van der Waals surface area contributed by atoms with Gasteiger partial charge in [-0.1, -0.05) is 0 Å². The molecule has 0 saturated heterocycles. The number of ether oxygens (including phenoxy) is 1. The molecule has 0 aromatic carbocycles. The highest BCUT2D eigenvalue weighted by Gasteiger charge is 2.00. The van der Waals surface area contributed by atoms with Gasteiger partial charge < -0.3 is 4.74 Å². The number of aryl methyl sites for hydroxylation is 1. The van der Waals surface area contributed by atoms with Gasteiger partial charge in [0.25, 0.3) is 0 Å². The Morgan fingerprint density at radius 1 is 1.64 bits per heavy atom. The van der Waals surface area contributed by atoms with E-state index in [0.717, 1.165) is 0 Å². The average molecular weight is 168 g/mol. The van der Waals surface area contributed by atoms with Crippen LogP contribution in [0.25, 0.3) is 0 Å². The summed E-state index contributed by atoms with van der Waals surface area (Å²) in [4.78, 5) is 8.00. The van der Waals surface area contributed by atoms with Gasteiger partial charge in [-0.25, -0.2) is 9.97 Å². The topological polar surface area (TPSA) is 35.0 Å². The Hall–Kier alpha value is -1.03. The summed E-state index contributed by atoms with van der Waals surface area (Å²) >= 11 is 4.87. The summed E-state index contributed by atoms with van der Waals surface area (Å²) in [5.74, 6) is 0.696. The van der Waals surface area contributed by atoms with Crippen molar-refractivity contribution in [1.29, 1.82) is 0 Å². The summed E-state index contributed by atoms with van der Waals surface area (Å²) in [6, 6.07) is 1.72. The van der Waals surface area contributed by atoms with Crippen LogP contribution in [0.1, 0.15) is 11.5 Å². The van der Waals surface area contributed by atoms with Crippen LogP contribution in [0.3, 0.4) is 0 Å². The number of hydrogen-bond acceptors (Lipinski definition) is 4. The predicted octanol–water partition coefficient (Wildman–Crippen LogP) is 1.11. The Kier molecular flexibility index (Phi) is 2.48. The minimum absolute atomic E-state index is 0.399. The summed E-state index contributed by atoms with van der Waals surface area (Å²) in [5.41, 5.74) is 0.662. The maximum atomic E-state index is 4.87. The highest BCUT2D eigenvalue weighted by Crippen LogP contribution is 1.97. The van der Waals surface area contributed by atoms with Crippen molar-refractivity contribution in [1.82, 2.24) is 9.97 Å². The lowest BCUT2D eigenvalue weighted by Gasteiger charge is -2.00. The maximum Gasteiger partial charge on any atom is 0.210 e. The molecule has 1 heterocycles. The summed E-state index contributed by atoms with van der Waals surface area (Å²) in [5, 5.41) is 0.399. The second kappa shape index (κ2) is 3.39. The van der Waals surface area contributed by atoms with Gasteiger partial charge in [0.05, 0.1) is 7.11 Å². The van der Waals surface area contributed by atoms with Gasteiger partial charge in [-0.15, -0.1) is 0 Å².